The topological polar surface area (TPSA) is 23.8 Å². The van der Waals surface area contributed by atoms with Gasteiger partial charge < -0.3 is 6.92 Å². The van der Waals surface area contributed by atoms with Gasteiger partial charge in [0.25, 0.3) is 0 Å². The maximum absolute atomic E-state index is 7.21. The summed E-state index contributed by atoms with van der Waals surface area (Å²) in [5.41, 5.74) is 0. The van der Waals surface area contributed by atoms with E-state index >= 15 is 0 Å². The van der Waals surface area contributed by atoms with E-state index in [0.717, 1.165) is 0 Å². The quantitative estimate of drug-likeness (QED) is 0.537. The molecule has 0 saturated heterocycles. The van der Waals surface area contributed by atoms with Crippen molar-refractivity contribution in [2.45, 2.75) is 0 Å². The molecule has 22 valence electrons. The molecule has 1 nitrogen and oxygen atoms in total. The summed E-state index contributed by atoms with van der Waals surface area (Å²) in [5.74, 6) is 0. The molecule has 2 radical (unpaired) electrons. The number of rotatable bonds is 0. The SMILES string of the molecule is [CH2-]C#N.[Y].[Y]. The van der Waals surface area contributed by atoms with E-state index < -0.39 is 0 Å². The summed E-state index contributed by atoms with van der Waals surface area (Å²) in [5, 5.41) is 7.21. The largest absolute Gasteiger partial charge is 0.305 e. The van der Waals surface area contributed by atoms with Crippen LogP contribution in [0.5, 0.6) is 0 Å². The minimum absolute atomic E-state index is 0. The van der Waals surface area contributed by atoms with Gasteiger partial charge in [-0.3, -0.25) is 0 Å². The number of hydrogen-bond acceptors (Lipinski definition) is 1. The Morgan fingerprint density at radius 3 is 1.40 bits per heavy atom. The van der Waals surface area contributed by atoms with Crippen LogP contribution >= 0.6 is 0 Å². The predicted molar refractivity (Wildman–Crippen MR) is 11.0 cm³/mol. The monoisotopic (exact) mass is 218 g/mol. The van der Waals surface area contributed by atoms with Crippen LogP contribution < -0.4 is 0 Å². The Morgan fingerprint density at radius 2 is 1.40 bits per heavy atom. The molecule has 0 aliphatic rings. The average molecular weight is 218 g/mol. The molecule has 0 spiro atoms. The van der Waals surface area contributed by atoms with Gasteiger partial charge in [-0.2, -0.15) is 0 Å². The zero-order chi connectivity index (χ0) is 2.71. The second-order valence-corrected chi connectivity index (χ2v) is 0.158. The maximum Gasteiger partial charge on any atom is 0 e. The molecule has 0 aliphatic carbocycles. The van der Waals surface area contributed by atoms with Gasteiger partial charge in [0, 0.05) is 65.4 Å². The molecule has 0 heterocycles. The first-order chi connectivity index (χ1) is 1.41. The molecule has 0 aliphatic heterocycles. The van der Waals surface area contributed by atoms with Gasteiger partial charge >= 0.3 is 0 Å². The summed E-state index contributed by atoms with van der Waals surface area (Å²) in [6, 6.07) is 1.50. The summed E-state index contributed by atoms with van der Waals surface area (Å²) in [7, 11) is 0. The molecule has 0 atom stereocenters. The van der Waals surface area contributed by atoms with Crippen LogP contribution in [-0.2, 0) is 65.4 Å². The van der Waals surface area contributed by atoms with Crippen molar-refractivity contribution in [1.82, 2.24) is 0 Å². The van der Waals surface area contributed by atoms with Gasteiger partial charge in [0.05, 0.1) is 0 Å². The summed E-state index contributed by atoms with van der Waals surface area (Å²) in [4.78, 5) is 0. The fraction of sp³-hybridized carbons (Fsp3) is 0. The third kappa shape index (κ3) is 28.8. The van der Waals surface area contributed by atoms with Crippen molar-refractivity contribution in [2.75, 3.05) is 0 Å². The van der Waals surface area contributed by atoms with E-state index in [0.29, 0.717) is 0 Å². The first-order valence-corrected chi connectivity index (χ1v) is 0.577. The van der Waals surface area contributed by atoms with Gasteiger partial charge in [-0.05, 0) is 0 Å². The second-order valence-electron chi connectivity index (χ2n) is 0.158. The zero-order valence-corrected chi connectivity index (χ0v) is 8.49. The van der Waals surface area contributed by atoms with E-state index in [4.69, 9.17) is 5.26 Å². The minimum Gasteiger partial charge on any atom is -0.305 e. The van der Waals surface area contributed by atoms with Crippen molar-refractivity contribution < 1.29 is 65.4 Å². The van der Waals surface area contributed by atoms with Crippen LogP contribution in [0.2, 0.25) is 0 Å². The molecular weight excluding hydrogens is 216 g/mol. The molecule has 0 saturated carbocycles. The molecule has 0 N–H and O–H groups in total. The molecular formula is C2H2NY2-. The number of nitrogens with zero attached hydrogens (tertiary/aromatic N) is 1. The van der Waals surface area contributed by atoms with Crippen molar-refractivity contribution in [3.8, 4) is 6.07 Å². The van der Waals surface area contributed by atoms with Gasteiger partial charge in [-0.1, -0.05) is 0 Å². The molecule has 0 unspecified atom stereocenters. The van der Waals surface area contributed by atoms with E-state index in [1.165, 1.54) is 6.07 Å². The first kappa shape index (κ1) is 16.0. The second kappa shape index (κ2) is 17.6. The van der Waals surface area contributed by atoms with E-state index in [9.17, 15) is 0 Å². The van der Waals surface area contributed by atoms with E-state index in [2.05, 4.69) is 6.92 Å². The smallest absolute Gasteiger partial charge is 0 e. The molecule has 0 rings (SSSR count). The van der Waals surface area contributed by atoms with Gasteiger partial charge in [0.1, 0.15) is 0 Å². The van der Waals surface area contributed by atoms with Crippen LogP contribution in [0.1, 0.15) is 0 Å². The fourth-order valence-electron chi connectivity index (χ4n) is 0. The number of nitriles is 1. The van der Waals surface area contributed by atoms with Crippen LogP contribution in [-0.4, -0.2) is 0 Å². The van der Waals surface area contributed by atoms with Crippen molar-refractivity contribution in [1.29, 1.82) is 5.26 Å². The van der Waals surface area contributed by atoms with Crippen molar-refractivity contribution >= 4 is 0 Å². The maximum atomic E-state index is 7.21. The fourth-order valence-corrected chi connectivity index (χ4v) is 0. The van der Waals surface area contributed by atoms with Gasteiger partial charge in [-0.25, -0.2) is 5.26 Å². The summed E-state index contributed by atoms with van der Waals surface area (Å²) >= 11 is 0. The third-order valence-electron chi connectivity index (χ3n) is 0. The Bertz CT molecular complexity index is 29.1. The molecule has 0 fully saturated rings. The third-order valence-corrected chi connectivity index (χ3v) is 0. The van der Waals surface area contributed by atoms with Crippen LogP contribution in [0.25, 0.3) is 0 Å². The van der Waals surface area contributed by atoms with E-state index in [1.807, 2.05) is 0 Å². The summed E-state index contributed by atoms with van der Waals surface area (Å²) in [6.07, 6.45) is 0. The van der Waals surface area contributed by atoms with Crippen molar-refractivity contribution in [3.05, 3.63) is 6.92 Å². The normalized spacial score (nSPS) is 1.40. The molecule has 0 amide bonds. The van der Waals surface area contributed by atoms with Gasteiger partial charge in [-0.15, -0.1) is 6.07 Å². The van der Waals surface area contributed by atoms with Crippen molar-refractivity contribution in [3.63, 3.8) is 0 Å². The average Bonchev–Trinajstić information content (AvgIpc) is 0.918. The molecule has 5 heavy (non-hydrogen) atoms. The Balaban J connectivity index is -0.0000000200. The molecule has 0 aromatic carbocycles. The zero-order valence-electron chi connectivity index (χ0n) is 2.81. The van der Waals surface area contributed by atoms with E-state index in [1.54, 1.807) is 0 Å². The summed E-state index contributed by atoms with van der Waals surface area (Å²) < 4.78 is 0. The molecule has 0 aromatic rings. The Labute approximate surface area is 82.3 Å². The Hall–Kier alpha value is 1.57. The molecule has 0 bridgehead atoms. The minimum atomic E-state index is 0. The Kier molecular flexibility index (Phi) is 56.4. The first-order valence-electron chi connectivity index (χ1n) is 0.577. The van der Waals surface area contributed by atoms with Crippen LogP contribution in [0.15, 0.2) is 0 Å². The van der Waals surface area contributed by atoms with Crippen LogP contribution in [0, 0.1) is 18.3 Å². The Morgan fingerprint density at radius 1 is 1.40 bits per heavy atom. The van der Waals surface area contributed by atoms with E-state index in [-0.39, 0.29) is 65.4 Å². The van der Waals surface area contributed by atoms with Gasteiger partial charge in [0.15, 0.2) is 0 Å². The number of hydrogen-bond donors (Lipinski definition) is 0. The van der Waals surface area contributed by atoms with Crippen molar-refractivity contribution in [2.24, 2.45) is 0 Å². The van der Waals surface area contributed by atoms with Crippen LogP contribution in [0.3, 0.4) is 0 Å². The van der Waals surface area contributed by atoms with Gasteiger partial charge in [0.2, 0.25) is 0 Å². The van der Waals surface area contributed by atoms with Crippen LogP contribution in [0.4, 0.5) is 0 Å². The molecule has 3 heteroatoms. The summed E-state index contributed by atoms with van der Waals surface area (Å²) in [6.45, 7) is 2.79. The predicted octanol–water partition coefficient (Wildman–Crippen LogP) is 0.339. The molecule has 0 aromatic heterocycles. The standard InChI is InChI=1S/C2H2N.2Y/c1-2-3;;/h1H2;;/q-1;;.